The van der Waals surface area contributed by atoms with Crippen LogP contribution in [0.3, 0.4) is 0 Å². The maximum atomic E-state index is 10.4. The van der Waals surface area contributed by atoms with E-state index in [0.29, 0.717) is 0 Å². The fourth-order valence-electron chi connectivity index (χ4n) is 3.43. The summed E-state index contributed by atoms with van der Waals surface area (Å²) in [4.78, 5) is 31.3. The van der Waals surface area contributed by atoms with E-state index >= 15 is 0 Å². The monoisotopic (exact) mass is 638 g/mol. The first-order valence-corrected chi connectivity index (χ1v) is 17.3. The number of carboxylic acids is 3. The van der Waals surface area contributed by atoms with Gasteiger partial charge in [0.25, 0.3) is 0 Å². The molecule has 3 N–H and O–H groups in total. The van der Waals surface area contributed by atoms with E-state index in [1.165, 1.54) is 52.6 Å². The van der Waals surface area contributed by atoms with Crippen LogP contribution >= 0.6 is 0 Å². The molecule has 0 saturated carbocycles. The first-order valence-electron chi connectivity index (χ1n) is 15.0. The van der Waals surface area contributed by atoms with Crippen molar-refractivity contribution in [2.45, 2.75) is 156 Å². The first kappa shape index (κ1) is 43.3. The van der Waals surface area contributed by atoms with Crippen molar-refractivity contribution < 1.29 is 29.7 Å². The Kier molecular flexibility index (Phi) is 41.2. The standard InChI is InChI=1S/3C8H16O2.C6H13.Sn.H/c3*1-3-5-6-7(4-2)8(9)10;1-3-5-6-4-2;;/h3*7H,3-6H2,1-2H3,(H,9,10);1,3-6H2,2H3;;. The minimum absolute atomic E-state index is 0.111. The Balaban J connectivity index is -0.000000198. The molecule has 0 amide bonds. The van der Waals surface area contributed by atoms with E-state index in [4.69, 9.17) is 15.3 Å². The van der Waals surface area contributed by atoms with Crippen LogP contribution in [0, 0.1) is 17.8 Å². The quantitative estimate of drug-likeness (QED) is 0.0965. The predicted molar refractivity (Wildman–Crippen MR) is 159 cm³/mol. The van der Waals surface area contributed by atoms with Gasteiger partial charge in [0.15, 0.2) is 0 Å². The average Bonchev–Trinajstić information content (AvgIpc) is 2.86. The Morgan fingerprint density at radius 1 is 0.486 bits per heavy atom. The van der Waals surface area contributed by atoms with Crippen LogP contribution < -0.4 is 0 Å². The van der Waals surface area contributed by atoms with Crippen molar-refractivity contribution in [3.63, 3.8) is 0 Å². The van der Waals surface area contributed by atoms with E-state index in [-0.39, 0.29) is 17.8 Å². The topological polar surface area (TPSA) is 112 Å². The Labute approximate surface area is 242 Å². The normalized spacial score (nSPS) is 12.3. The SMILES string of the molecule is CCCCC(CC)C(=O)O.CCCCC(CC)C(=O)O.CCCCC(CC)C(=O)O.CCCCC[CH2][SnH]. The second-order valence-electron chi connectivity index (χ2n) is 9.61. The molecule has 2 radical (unpaired) electrons. The van der Waals surface area contributed by atoms with Crippen molar-refractivity contribution in [1.29, 1.82) is 0 Å². The Bertz CT molecular complexity index is 433. The first-order chi connectivity index (χ1) is 17.6. The summed E-state index contributed by atoms with van der Waals surface area (Å²) >= 11 is 1.46. The van der Waals surface area contributed by atoms with E-state index in [2.05, 4.69) is 27.7 Å². The maximum absolute atomic E-state index is 10.4. The number of hydrogen-bond donors (Lipinski definition) is 3. The van der Waals surface area contributed by atoms with Crippen LogP contribution in [0.2, 0.25) is 4.44 Å². The summed E-state index contributed by atoms with van der Waals surface area (Å²) < 4.78 is 1.49. The number of carbonyl (C=O) groups is 3. The third kappa shape index (κ3) is 35.2. The number of hydrogen-bond acceptors (Lipinski definition) is 3. The Morgan fingerprint density at radius 3 is 0.919 bits per heavy atom. The average molecular weight is 638 g/mol. The molecule has 3 atom stereocenters. The summed E-state index contributed by atoms with van der Waals surface area (Å²) in [6, 6.07) is 0. The van der Waals surface area contributed by atoms with Crippen LogP contribution in [0.1, 0.15) is 151 Å². The van der Waals surface area contributed by atoms with Gasteiger partial charge in [0.2, 0.25) is 0 Å². The second-order valence-corrected chi connectivity index (χ2v) is 11.3. The molecule has 7 heteroatoms. The molecule has 0 bridgehead atoms. The van der Waals surface area contributed by atoms with Gasteiger partial charge in [0, 0.05) is 0 Å². The zero-order chi connectivity index (χ0) is 29.5. The molecule has 0 rings (SSSR count). The van der Waals surface area contributed by atoms with Gasteiger partial charge in [-0.05, 0) is 38.5 Å². The van der Waals surface area contributed by atoms with Gasteiger partial charge in [-0.1, -0.05) is 80.1 Å². The Hall–Kier alpha value is -0.791. The third-order valence-electron chi connectivity index (χ3n) is 6.30. The van der Waals surface area contributed by atoms with Crippen molar-refractivity contribution in [3.8, 4) is 0 Å². The van der Waals surface area contributed by atoms with Crippen molar-refractivity contribution in [3.05, 3.63) is 0 Å². The molecule has 0 aromatic heterocycles. The molecule has 0 fully saturated rings. The molecule has 0 aliphatic heterocycles. The zero-order valence-electron chi connectivity index (χ0n) is 25.4. The molecule has 222 valence electrons. The van der Waals surface area contributed by atoms with Gasteiger partial charge in [0.05, 0.1) is 17.8 Å². The van der Waals surface area contributed by atoms with Crippen LogP contribution in [-0.4, -0.2) is 55.8 Å². The summed E-state index contributed by atoms with van der Waals surface area (Å²) in [7, 11) is 0. The fourth-order valence-corrected chi connectivity index (χ4v) is 4.25. The van der Waals surface area contributed by atoms with Gasteiger partial charge in [-0.25, -0.2) is 0 Å². The number of carboxylic acid groups (broad SMARTS) is 3. The van der Waals surface area contributed by atoms with E-state index in [1.54, 1.807) is 0 Å². The van der Waals surface area contributed by atoms with Crippen LogP contribution in [-0.2, 0) is 14.4 Å². The molecule has 0 spiro atoms. The van der Waals surface area contributed by atoms with Crippen LogP contribution in [0.15, 0.2) is 0 Å². The van der Waals surface area contributed by atoms with Crippen molar-refractivity contribution >= 4 is 40.4 Å². The summed E-state index contributed by atoms with van der Waals surface area (Å²) in [6.45, 7) is 14.3. The van der Waals surface area contributed by atoms with Crippen molar-refractivity contribution in [2.24, 2.45) is 17.8 Å². The Morgan fingerprint density at radius 2 is 0.757 bits per heavy atom. The molecule has 6 nitrogen and oxygen atoms in total. The molecule has 0 heterocycles. The van der Waals surface area contributed by atoms with Crippen LogP contribution in [0.5, 0.6) is 0 Å². The summed E-state index contributed by atoms with van der Waals surface area (Å²) in [6.07, 6.45) is 16.9. The second kappa shape index (κ2) is 35.2. The van der Waals surface area contributed by atoms with E-state index in [9.17, 15) is 14.4 Å². The summed E-state index contributed by atoms with van der Waals surface area (Å²) in [5, 5.41) is 25.8. The van der Waals surface area contributed by atoms with Crippen LogP contribution in [0.4, 0.5) is 0 Å². The number of unbranched alkanes of at least 4 members (excludes halogenated alkanes) is 6. The van der Waals surface area contributed by atoms with Crippen molar-refractivity contribution in [2.75, 3.05) is 0 Å². The molecule has 0 aromatic carbocycles. The molecule has 0 aromatic rings. The van der Waals surface area contributed by atoms with E-state index in [0.717, 1.165) is 77.0 Å². The molecular weight excluding hydrogens is 575 g/mol. The minimum atomic E-state index is -0.643. The van der Waals surface area contributed by atoms with Gasteiger partial charge < -0.3 is 15.3 Å². The van der Waals surface area contributed by atoms with E-state index in [1.807, 2.05) is 20.8 Å². The van der Waals surface area contributed by atoms with Gasteiger partial charge >= 0.3 is 77.5 Å². The number of rotatable bonds is 19. The summed E-state index contributed by atoms with van der Waals surface area (Å²) in [5.41, 5.74) is 0. The fraction of sp³-hybridized carbons (Fsp3) is 0.900. The third-order valence-corrected chi connectivity index (χ3v) is 7.47. The van der Waals surface area contributed by atoms with Gasteiger partial charge in [-0.3, -0.25) is 14.4 Å². The molecule has 0 saturated heterocycles. The van der Waals surface area contributed by atoms with E-state index < -0.39 is 17.9 Å². The van der Waals surface area contributed by atoms with Gasteiger partial charge in [0.1, 0.15) is 0 Å². The molecule has 3 unspecified atom stereocenters. The molecule has 0 aliphatic rings. The zero-order valence-corrected chi connectivity index (χ0v) is 28.7. The molecule has 0 aliphatic carbocycles. The summed E-state index contributed by atoms with van der Waals surface area (Å²) in [5.74, 6) is -2.26. The predicted octanol–water partition coefficient (Wildman–Crippen LogP) is 8.75. The van der Waals surface area contributed by atoms with Gasteiger partial charge in [-0.2, -0.15) is 0 Å². The van der Waals surface area contributed by atoms with Crippen LogP contribution in [0.25, 0.3) is 0 Å². The van der Waals surface area contributed by atoms with Crippen molar-refractivity contribution in [1.82, 2.24) is 0 Å². The number of aliphatic carboxylic acids is 3. The van der Waals surface area contributed by atoms with Gasteiger partial charge in [-0.15, -0.1) is 0 Å². The molecular formula is C30H62O6Sn. The molecule has 37 heavy (non-hydrogen) atoms.